The van der Waals surface area contributed by atoms with Crippen molar-refractivity contribution in [2.75, 3.05) is 79.8 Å². The number of carbonyl (C=O) groups is 1. The number of nitrogens with zero attached hydrogens (tertiary/aromatic N) is 3. The van der Waals surface area contributed by atoms with Gasteiger partial charge in [0.25, 0.3) is 0 Å². The highest BCUT2D eigenvalue weighted by Gasteiger charge is 2.11. The van der Waals surface area contributed by atoms with Gasteiger partial charge in [-0.05, 0) is 38.0 Å². The molecule has 2 N–H and O–H groups in total. The minimum atomic E-state index is -0.0350. The Morgan fingerprint density at radius 2 is 1.76 bits per heavy atom. The molecule has 1 aromatic rings. The summed E-state index contributed by atoms with van der Waals surface area (Å²) in [5.41, 5.74) is 1.14. The first-order valence-corrected chi connectivity index (χ1v) is 11.4. The van der Waals surface area contributed by atoms with E-state index in [2.05, 4.69) is 20.5 Å². The molecule has 0 aromatic heterocycles. The number of guanidine groups is 1. The second kappa shape index (κ2) is 16.8. The zero-order chi connectivity index (χ0) is 23.2. The lowest BCUT2D eigenvalue weighted by Gasteiger charge is -2.26. The number of nitrogens with one attached hydrogen (secondary N) is 2. The Hall–Kier alpha value is -1.79. The van der Waals surface area contributed by atoms with Gasteiger partial charge in [0.05, 0.1) is 26.4 Å². The predicted molar refractivity (Wildman–Crippen MR) is 142 cm³/mol. The molecule has 1 amide bonds. The van der Waals surface area contributed by atoms with Gasteiger partial charge in [-0.3, -0.25) is 9.69 Å². The lowest BCUT2D eigenvalue weighted by molar-refractivity contribution is -0.127. The number of likely N-dealkylation sites (N-methyl/N-ethyl adjacent to an activating group) is 1. The number of hydrogen-bond donors (Lipinski definition) is 2. The Morgan fingerprint density at radius 3 is 2.42 bits per heavy atom. The van der Waals surface area contributed by atoms with E-state index in [9.17, 15) is 4.79 Å². The van der Waals surface area contributed by atoms with Crippen LogP contribution < -0.4 is 20.1 Å². The fourth-order valence-electron chi connectivity index (χ4n) is 3.20. The monoisotopic (exact) mass is 577 g/mol. The van der Waals surface area contributed by atoms with Gasteiger partial charge < -0.3 is 29.7 Å². The van der Waals surface area contributed by atoms with Crippen molar-refractivity contribution in [1.82, 2.24) is 20.4 Å². The quantitative estimate of drug-likeness (QED) is 0.222. The normalized spacial score (nSPS) is 14.2. The first kappa shape index (κ1) is 29.2. The molecule has 0 unspecified atom stereocenters. The third-order valence-corrected chi connectivity index (χ3v) is 5.01. The Bertz CT molecular complexity index is 727. The van der Waals surface area contributed by atoms with Crippen molar-refractivity contribution >= 4 is 35.8 Å². The summed E-state index contributed by atoms with van der Waals surface area (Å²) in [7, 11) is 3.47. The van der Waals surface area contributed by atoms with Crippen molar-refractivity contribution in [3.63, 3.8) is 0 Å². The number of ether oxygens (including phenoxy) is 3. The van der Waals surface area contributed by atoms with Crippen LogP contribution in [0.15, 0.2) is 23.2 Å². The molecule has 2 rings (SSSR count). The van der Waals surface area contributed by atoms with Crippen molar-refractivity contribution in [3.8, 4) is 11.5 Å². The van der Waals surface area contributed by atoms with Gasteiger partial charge in [-0.1, -0.05) is 6.07 Å². The lowest BCUT2D eigenvalue weighted by atomic mass is 10.1. The number of hydrogen-bond acceptors (Lipinski definition) is 6. The molecule has 9 nitrogen and oxygen atoms in total. The number of benzene rings is 1. The second-order valence-corrected chi connectivity index (χ2v) is 7.66. The van der Waals surface area contributed by atoms with E-state index in [0.29, 0.717) is 25.7 Å². The van der Waals surface area contributed by atoms with Gasteiger partial charge in [0.1, 0.15) is 6.54 Å². The summed E-state index contributed by atoms with van der Waals surface area (Å²) in [5, 5.41) is 6.69. The molecule has 1 aliphatic heterocycles. The van der Waals surface area contributed by atoms with E-state index < -0.39 is 0 Å². The lowest BCUT2D eigenvalue weighted by Crippen LogP contribution is -2.45. The van der Waals surface area contributed by atoms with E-state index in [1.807, 2.05) is 32.0 Å². The van der Waals surface area contributed by atoms with E-state index in [-0.39, 0.29) is 36.4 Å². The topological polar surface area (TPSA) is 87.7 Å². The Kier molecular flexibility index (Phi) is 14.9. The van der Waals surface area contributed by atoms with Crippen LogP contribution in [0.2, 0.25) is 0 Å². The Balaban J connectivity index is 0.00000544. The van der Waals surface area contributed by atoms with Crippen LogP contribution in [0, 0.1) is 0 Å². The maximum Gasteiger partial charge on any atom is 0.243 e. The Morgan fingerprint density at radius 1 is 1.09 bits per heavy atom. The summed E-state index contributed by atoms with van der Waals surface area (Å²) >= 11 is 0. The summed E-state index contributed by atoms with van der Waals surface area (Å²) in [6.45, 7) is 11.0. The summed E-state index contributed by atoms with van der Waals surface area (Å²) in [6.07, 6.45) is 0.790. The molecule has 0 radical (unpaired) electrons. The minimum Gasteiger partial charge on any atom is -0.490 e. The molecule has 188 valence electrons. The highest BCUT2D eigenvalue weighted by Crippen LogP contribution is 2.28. The van der Waals surface area contributed by atoms with Crippen LogP contribution in [-0.2, 0) is 16.0 Å². The first-order valence-electron chi connectivity index (χ1n) is 11.4. The van der Waals surface area contributed by atoms with Crippen molar-refractivity contribution in [2.45, 2.75) is 20.3 Å². The van der Waals surface area contributed by atoms with Gasteiger partial charge in [0, 0.05) is 46.8 Å². The maximum atomic E-state index is 12.0. The molecule has 33 heavy (non-hydrogen) atoms. The number of aliphatic imine (C=N–C) groups is 1. The van der Waals surface area contributed by atoms with Gasteiger partial charge in [0.15, 0.2) is 17.5 Å². The predicted octanol–water partition coefficient (Wildman–Crippen LogP) is 1.60. The molecule has 1 heterocycles. The van der Waals surface area contributed by atoms with Crippen LogP contribution in [0.5, 0.6) is 11.5 Å². The summed E-state index contributed by atoms with van der Waals surface area (Å²) in [6, 6.07) is 6.02. The van der Waals surface area contributed by atoms with Gasteiger partial charge in [-0.2, -0.15) is 0 Å². The average molecular weight is 578 g/mol. The molecular weight excluding hydrogens is 537 g/mol. The van der Waals surface area contributed by atoms with E-state index in [0.717, 1.165) is 62.9 Å². The Labute approximate surface area is 215 Å². The fourth-order valence-corrected chi connectivity index (χ4v) is 3.20. The highest BCUT2D eigenvalue weighted by atomic mass is 127. The molecule has 1 fully saturated rings. The zero-order valence-corrected chi connectivity index (χ0v) is 22.7. The van der Waals surface area contributed by atoms with E-state index in [4.69, 9.17) is 14.2 Å². The molecule has 0 aliphatic carbocycles. The fraction of sp³-hybridized carbons (Fsp3) is 0.652. The first-order chi connectivity index (χ1) is 15.5. The van der Waals surface area contributed by atoms with Crippen molar-refractivity contribution in [2.24, 2.45) is 4.99 Å². The van der Waals surface area contributed by atoms with E-state index in [1.165, 1.54) is 0 Å². The molecule has 1 aromatic carbocycles. The van der Waals surface area contributed by atoms with Crippen molar-refractivity contribution in [1.29, 1.82) is 0 Å². The van der Waals surface area contributed by atoms with Crippen LogP contribution in [0.4, 0.5) is 0 Å². The average Bonchev–Trinajstić information content (AvgIpc) is 2.79. The second-order valence-electron chi connectivity index (χ2n) is 7.66. The number of amides is 1. The summed E-state index contributed by atoms with van der Waals surface area (Å²) in [4.78, 5) is 20.3. The summed E-state index contributed by atoms with van der Waals surface area (Å²) < 4.78 is 16.8. The van der Waals surface area contributed by atoms with E-state index >= 15 is 0 Å². The number of halogens is 1. The third-order valence-electron chi connectivity index (χ3n) is 5.01. The molecule has 1 saturated heterocycles. The van der Waals surface area contributed by atoms with Gasteiger partial charge in [-0.15, -0.1) is 24.0 Å². The molecule has 1 aliphatic rings. The van der Waals surface area contributed by atoms with Crippen LogP contribution >= 0.6 is 24.0 Å². The minimum absolute atomic E-state index is 0. The van der Waals surface area contributed by atoms with Gasteiger partial charge in [0.2, 0.25) is 5.91 Å². The number of carbonyl (C=O) groups excluding carboxylic acids is 1. The molecule has 10 heteroatoms. The maximum absolute atomic E-state index is 12.0. The number of rotatable bonds is 12. The van der Waals surface area contributed by atoms with Crippen LogP contribution in [-0.4, -0.2) is 101 Å². The van der Waals surface area contributed by atoms with Gasteiger partial charge >= 0.3 is 0 Å². The largest absolute Gasteiger partial charge is 0.490 e. The number of morpholine rings is 1. The SMILES string of the molecule is CCOc1ccc(CCNC(=NCC(=O)N(C)C)NCCN2CCOCC2)cc1OCC.I. The zero-order valence-electron chi connectivity index (χ0n) is 20.4. The molecule has 0 bridgehead atoms. The van der Waals surface area contributed by atoms with Crippen LogP contribution in [0.1, 0.15) is 19.4 Å². The van der Waals surface area contributed by atoms with Crippen molar-refractivity contribution in [3.05, 3.63) is 23.8 Å². The van der Waals surface area contributed by atoms with Gasteiger partial charge in [-0.25, -0.2) is 4.99 Å². The molecule has 0 saturated carbocycles. The molecular formula is C23H40IN5O4. The molecule has 0 atom stereocenters. The van der Waals surface area contributed by atoms with Crippen LogP contribution in [0.25, 0.3) is 0 Å². The van der Waals surface area contributed by atoms with E-state index in [1.54, 1.807) is 19.0 Å². The third kappa shape index (κ3) is 11.3. The van der Waals surface area contributed by atoms with Crippen LogP contribution in [0.3, 0.4) is 0 Å². The standard InChI is InChI=1S/C23H39N5O4.HI/c1-5-31-20-8-7-19(17-21(20)32-6-2)9-10-24-23(26-18-22(29)27(3)4)25-11-12-28-13-15-30-16-14-28;/h7-8,17H,5-6,9-16,18H2,1-4H3,(H2,24,25,26);1H. The summed E-state index contributed by atoms with van der Waals surface area (Å²) in [5.74, 6) is 2.14. The smallest absolute Gasteiger partial charge is 0.243 e. The van der Waals surface area contributed by atoms with Crippen molar-refractivity contribution < 1.29 is 19.0 Å². The molecule has 0 spiro atoms. The highest BCUT2D eigenvalue weighted by molar-refractivity contribution is 14.0.